The molecule has 0 bridgehead atoms. The quantitative estimate of drug-likeness (QED) is 0.241. The maximum absolute atomic E-state index is 11.5. The van der Waals surface area contributed by atoms with Crippen LogP contribution in [-0.2, 0) is 0 Å². The molecule has 1 heterocycles. The average Bonchev–Trinajstić information content (AvgIpc) is 2.29. The normalized spacial score (nSPS) is 11.1. The number of oxime groups is 1. The lowest BCUT2D eigenvalue weighted by Crippen LogP contribution is -2.28. The maximum Gasteiger partial charge on any atom is 0.255 e. The molecule has 1 rings (SSSR count). The molecule has 0 saturated heterocycles. The molecule has 0 atom stereocenters. The van der Waals surface area contributed by atoms with Crippen LogP contribution in [0.2, 0.25) is 0 Å². The molecule has 0 aromatic carbocycles. The van der Waals surface area contributed by atoms with Gasteiger partial charge in [-0.1, -0.05) is 5.16 Å². The minimum atomic E-state index is -0.439. The second-order valence-corrected chi connectivity index (χ2v) is 2.99. The minimum absolute atomic E-state index is 0.0271. The summed E-state index contributed by atoms with van der Waals surface area (Å²) in [7, 11) is 0. The molecular weight excluding hydrogens is 212 g/mol. The number of rotatable bonds is 4. The number of aromatic nitrogens is 1. The molecule has 7 heteroatoms. The van der Waals surface area contributed by atoms with E-state index in [0.717, 1.165) is 0 Å². The number of hydrogen-bond acceptors (Lipinski definition) is 5. The molecule has 0 fully saturated rings. The van der Waals surface area contributed by atoms with Crippen molar-refractivity contribution in [1.82, 2.24) is 10.3 Å². The number of nitrogens with one attached hydrogen (secondary N) is 1. The summed E-state index contributed by atoms with van der Waals surface area (Å²) >= 11 is 0. The van der Waals surface area contributed by atoms with Crippen molar-refractivity contribution in [3.63, 3.8) is 0 Å². The molecule has 1 aromatic heterocycles. The van der Waals surface area contributed by atoms with Crippen molar-refractivity contribution >= 4 is 11.7 Å². The lowest BCUT2D eigenvalue weighted by Gasteiger charge is -2.05. The van der Waals surface area contributed by atoms with Crippen molar-refractivity contribution in [2.24, 2.45) is 10.9 Å². The van der Waals surface area contributed by atoms with E-state index in [-0.39, 0.29) is 30.1 Å². The summed E-state index contributed by atoms with van der Waals surface area (Å²) in [6.45, 7) is 0.219. The fourth-order valence-corrected chi connectivity index (χ4v) is 1.03. The Labute approximate surface area is 91.6 Å². The Morgan fingerprint density at radius 3 is 3.00 bits per heavy atom. The third-order valence-corrected chi connectivity index (χ3v) is 1.84. The van der Waals surface area contributed by atoms with Crippen LogP contribution in [0.15, 0.2) is 23.6 Å². The smallest absolute Gasteiger partial charge is 0.255 e. The van der Waals surface area contributed by atoms with Gasteiger partial charge >= 0.3 is 0 Å². The summed E-state index contributed by atoms with van der Waals surface area (Å²) in [6.07, 6.45) is 2.81. The van der Waals surface area contributed by atoms with E-state index in [1.54, 1.807) is 0 Å². The van der Waals surface area contributed by atoms with E-state index in [9.17, 15) is 9.90 Å². The summed E-state index contributed by atoms with van der Waals surface area (Å²) in [5.41, 5.74) is 5.35. The van der Waals surface area contributed by atoms with Gasteiger partial charge in [0.2, 0.25) is 0 Å². The van der Waals surface area contributed by atoms with E-state index in [1.807, 2.05) is 0 Å². The molecule has 7 nitrogen and oxygen atoms in total. The van der Waals surface area contributed by atoms with E-state index in [1.165, 1.54) is 18.5 Å². The lowest BCUT2D eigenvalue weighted by molar-refractivity contribution is 0.0952. The molecule has 16 heavy (non-hydrogen) atoms. The van der Waals surface area contributed by atoms with Gasteiger partial charge in [-0.2, -0.15) is 0 Å². The van der Waals surface area contributed by atoms with Gasteiger partial charge in [-0.3, -0.25) is 9.78 Å². The fourth-order valence-electron chi connectivity index (χ4n) is 1.03. The molecule has 0 aliphatic rings. The molecule has 5 N–H and O–H groups in total. The van der Waals surface area contributed by atoms with Gasteiger partial charge in [0.05, 0.1) is 11.8 Å². The van der Waals surface area contributed by atoms with Crippen molar-refractivity contribution in [3.05, 3.63) is 24.0 Å². The fraction of sp³-hybridized carbons (Fsp3) is 0.222. The van der Waals surface area contributed by atoms with E-state index in [2.05, 4.69) is 15.5 Å². The Balaban J connectivity index is 2.51. The molecule has 0 saturated carbocycles. The highest BCUT2D eigenvalue weighted by molar-refractivity contribution is 5.96. The molecule has 0 aliphatic heterocycles. The Morgan fingerprint density at radius 2 is 2.38 bits per heavy atom. The van der Waals surface area contributed by atoms with Crippen LogP contribution in [0.3, 0.4) is 0 Å². The summed E-state index contributed by atoms with van der Waals surface area (Å²) in [5, 5.41) is 22.9. The summed E-state index contributed by atoms with van der Waals surface area (Å²) in [5.74, 6) is -0.603. The number of pyridine rings is 1. The Kier molecular flexibility index (Phi) is 4.07. The number of nitrogens with two attached hydrogens (primary N) is 1. The monoisotopic (exact) mass is 224 g/mol. The van der Waals surface area contributed by atoms with Gasteiger partial charge in [0.25, 0.3) is 5.91 Å². The number of carbonyl (C=O) groups excluding carboxylic acids is 1. The number of nitrogens with zero attached hydrogens (tertiary/aromatic N) is 2. The van der Waals surface area contributed by atoms with Gasteiger partial charge in [0.1, 0.15) is 11.6 Å². The van der Waals surface area contributed by atoms with E-state index >= 15 is 0 Å². The zero-order valence-electron chi connectivity index (χ0n) is 8.42. The lowest BCUT2D eigenvalue weighted by atomic mass is 10.2. The van der Waals surface area contributed by atoms with Crippen LogP contribution in [0, 0.1) is 0 Å². The second-order valence-electron chi connectivity index (χ2n) is 2.99. The SMILES string of the molecule is N/C(CCNC(=O)c1ccncc1O)=N/O. The largest absolute Gasteiger partial charge is 0.505 e. The van der Waals surface area contributed by atoms with Crippen LogP contribution in [-0.4, -0.2) is 33.6 Å². The predicted molar refractivity (Wildman–Crippen MR) is 56.3 cm³/mol. The van der Waals surface area contributed by atoms with Crippen molar-refractivity contribution in [2.75, 3.05) is 6.54 Å². The summed E-state index contributed by atoms with van der Waals surface area (Å²) < 4.78 is 0. The molecule has 0 aliphatic carbocycles. The third-order valence-electron chi connectivity index (χ3n) is 1.84. The van der Waals surface area contributed by atoms with E-state index in [0.29, 0.717) is 0 Å². The highest BCUT2D eigenvalue weighted by Gasteiger charge is 2.09. The minimum Gasteiger partial charge on any atom is -0.505 e. The molecule has 0 unspecified atom stereocenters. The van der Waals surface area contributed by atoms with Gasteiger partial charge < -0.3 is 21.4 Å². The molecule has 1 aromatic rings. The van der Waals surface area contributed by atoms with Crippen LogP contribution < -0.4 is 11.1 Å². The van der Waals surface area contributed by atoms with E-state index < -0.39 is 5.91 Å². The first-order valence-corrected chi connectivity index (χ1v) is 4.52. The first-order valence-electron chi connectivity index (χ1n) is 4.52. The van der Waals surface area contributed by atoms with Gasteiger partial charge in [-0.15, -0.1) is 0 Å². The van der Waals surface area contributed by atoms with Crippen LogP contribution in [0.4, 0.5) is 0 Å². The second kappa shape index (κ2) is 5.54. The van der Waals surface area contributed by atoms with Crippen LogP contribution in [0.1, 0.15) is 16.8 Å². The van der Waals surface area contributed by atoms with Crippen molar-refractivity contribution in [1.29, 1.82) is 0 Å². The zero-order chi connectivity index (χ0) is 12.0. The van der Waals surface area contributed by atoms with Gasteiger partial charge in [-0.25, -0.2) is 0 Å². The zero-order valence-corrected chi connectivity index (χ0v) is 8.42. The Bertz CT molecular complexity index is 405. The van der Waals surface area contributed by atoms with Crippen molar-refractivity contribution in [2.45, 2.75) is 6.42 Å². The van der Waals surface area contributed by atoms with Crippen molar-refractivity contribution in [3.8, 4) is 5.75 Å². The van der Waals surface area contributed by atoms with Crippen LogP contribution >= 0.6 is 0 Å². The number of hydrogen-bond donors (Lipinski definition) is 4. The van der Waals surface area contributed by atoms with Crippen LogP contribution in [0.25, 0.3) is 0 Å². The average molecular weight is 224 g/mol. The standard InChI is InChI=1S/C9H12N4O3/c10-8(13-16)2-4-12-9(15)6-1-3-11-5-7(6)14/h1,3,5,14,16H,2,4H2,(H2,10,13)(H,12,15). The molecule has 0 radical (unpaired) electrons. The molecule has 86 valence electrons. The van der Waals surface area contributed by atoms with Gasteiger partial charge in [0.15, 0.2) is 0 Å². The highest BCUT2D eigenvalue weighted by Crippen LogP contribution is 2.12. The van der Waals surface area contributed by atoms with Crippen molar-refractivity contribution < 1.29 is 15.1 Å². The number of amides is 1. The maximum atomic E-state index is 11.5. The number of amidine groups is 1. The van der Waals surface area contributed by atoms with Gasteiger partial charge in [0, 0.05) is 19.2 Å². The first kappa shape index (κ1) is 11.8. The Morgan fingerprint density at radius 1 is 1.62 bits per heavy atom. The predicted octanol–water partition coefficient (Wildman–Crippen LogP) is -0.347. The van der Waals surface area contributed by atoms with Gasteiger partial charge in [-0.05, 0) is 6.07 Å². The molecule has 0 spiro atoms. The topological polar surface area (TPSA) is 121 Å². The molecule has 1 amide bonds. The summed E-state index contributed by atoms with van der Waals surface area (Å²) in [4.78, 5) is 15.1. The van der Waals surface area contributed by atoms with E-state index in [4.69, 9.17) is 10.9 Å². The summed E-state index contributed by atoms with van der Waals surface area (Å²) in [6, 6.07) is 1.40. The first-order chi connectivity index (χ1) is 7.65. The third kappa shape index (κ3) is 3.12. The highest BCUT2D eigenvalue weighted by atomic mass is 16.4. The molecular formula is C9H12N4O3. The number of aromatic hydroxyl groups is 1. The van der Waals surface area contributed by atoms with Crippen LogP contribution in [0.5, 0.6) is 5.75 Å². The Hall–Kier alpha value is -2.31. The number of carbonyl (C=O) groups is 1.